The maximum absolute atomic E-state index is 9.85. The summed E-state index contributed by atoms with van der Waals surface area (Å²) in [4.78, 5) is 1.90. The van der Waals surface area contributed by atoms with E-state index >= 15 is 0 Å². The lowest BCUT2D eigenvalue weighted by molar-refractivity contribution is 0.140. The normalized spacial score (nSPS) is 20.9. The monoisotopic (exact) mass is 221 g/mol. The van der Waals surface area contributed by atoms with Gasteiger partial charge in [0, 0.05) is 12.2 Å². The van der Waals surface area contributed by atoms with Crippen LogP contribution in [0.25, 0.3) is 0 Å². The Labute approximate surface area is 95.3 Å². The smallest absolute Gasteiger partial charge is 0.423 e. The Morgan fingerprint density at radius 1 is 1.25 bits per heavy atom. The van der Waals surface area contributed by atoms with Crippen molar-refractivity contribution >= 4 is 18.3 Å². The van der Waals surface area contributed by atoms with E-state index in [2.05, 4.69) is 0 Å². The van der Waals surface area contributed by atoms with Crippen molar-refractivity contribution in [1.29, 1.82) is 0 Å². The van der Waals surface area contributed by atoms with Crippen molar-refractivity contribution in [2.45, 2.75) is 25.5 Å². The molecule has 0 radical (unpaired) electrons. The van der Waals surface area contributed by atoms with Crippen molar-refractivity contribution in [3.63, 3.8) is 0 Å². The first-order valence-corrected chi connectivity index (χ1v) is 5.59. The van der Waals surface area contributed by atoms with Crippen LogP contribution in [0.5, 0.6) is 0 Å². The number of piperidine rings is 1. The highest BCUT2D eigenvalue weighted by molar-refractivity contribution is 6.58. The molecule has 0 amide bonds. The molecule has 1 atom stereocenters. The van der Waals surface area contributed by atoms with E-state index in [0.29, 0.717) is 5.46 Å². The van der Waals surface area contributed by atoms with Gasteiger partial charge >= 0.3 is 7.12 Å². The summed E-state index contributed by atoms with van der Waals surface area (Å²) in [7, 11) is -1.46. The summed E-state index contributed by atoms with van der Waals surface area (Å²) in [5, 5.41) is 28.0. The Bertz CT molecular complexity index is 359. The van der Waals surface area contributed by atoms with E-state index in [1.807, 2.05) is 11.0 Å². The van der Waals surface area contributed by atoms with Gasteiger partial charge in [-0.15, -0.1) is 0 Å². The summed E-state index contributed by atoms with van der Waals surface area (Å²) in [5.74, 6) is 0. The second kappa shape index (κ2) is 4.87. The van der Waals surface area contributed by atoms with E-state index in [1.165, 1.54) is 0 Å². The first kappa shape index (κ1) is 11.5. The van der Waals surface area contributed by atoms with Gasteiger partial charge in [0.25, 0.3) is 0 Å². The predicted octanol–water partition coefficient (Wildman–Crippen LogP) is -0.325. The molecule has 1 unspecified atom stereocenters. The topological polar surface area (TPSA) is 63.9 Å². The van der Waals surface area contributed by atoms with Gasteiger partial charge in [-0.3, -0.25) is 0 Å². The molecule has 1 aliphatic heterocycles. The number of rotatable bonds is 2. The number of hydrogen-bond donors (Lipinski definition) is 3. The maximum atomic E-state index is 9.85. The van der Waals surface area contributed by atoms with Crippen molar-refractivity contribution in [3.05, 3.63) is 24.3 Å². The van der Waals surface area contributed by atoms with Gasteiger partial charge in [-0.1, -0.05) is 12.1 Å². The average molecular weight is 221 g/mol. The Hall–Kier alpha value is -1.04. The molecule has 3 N–H and O–H groups in total. The van der Waals surface area contributed by atoms with Crippen LogP contribution in [0.4, 0.5) is 5.69 Å². The highest BCUT2D eigenvalue weighted by Crippen LogP contribution is 2.22. The molecule has 16 heavy (non-hydrogen) atoms. The van der Waals surface area contributed by atoms with Crippen LogP contribution in [0.2, 0.25) is 0 Å². The number of benzene rings is 1. The highest BCUT2D eigenvalue weighted by Gasteiger charge is 2.21. The van der Waals surface area contributed by atoms with Crippen molar-refractivity contribution in [2.75, 3.05) is 11.4 Å². The van der Waals surface area contributed by atoms with Gasteiger partial charge in [-0.25, -0.2) is 0 Å². The predicted molar refractivity (Wildman–Crippen MR) is 63.5 cm³/mol. The third-order valence-corrected chi connectivity index (χ3v) is 2.97. The molecule has 1 aromatic rings. The van der Waals surface area contributed by atoms with Gasteiger partial charge < -0.3 is 20.1 Å². The molecule has 1 aromatic carbocycles. The number of nitrogens with zero attached hydrogens (tertiary/aromatic N) is 1. The molecule has 0 saturated carbocycles. The highest BCUT2D eigenvalue weighted by atomic mass is 16.4. The fraction of sp³-hybridized carbons (Fsp3) is 0.455. The molecule has 0 aliphatic carbocycles. The van der Waals surface area contributed by atoms with Crippen LogP contribution >= 0.6 is 0 Å². The van der Waals surface area contributed by atoms with Crippen LogP contribution in [0.3, 0.4) is 0 Å². The summed E-state index contributed by atoms with van der Waals surface area (Å²) in [6.07, 6.45) is 2.41. The number of anilines is 1. The standard InChI is InChI=1S/C11H16BNO3/c14-11-6-1-2-7-13(11)10-5-3-4-9(8-10)12(15)16/h3-5,8,11,14-16H,1-2,6-7H2. The van der Waals surface area contributed by atoms with Gasteiger partial charge in [0.1, 0.15) is 6.23 Å². The zero-order valence-corrected chi connectivity index (χ0v) is 9.08. The molecule has 1 heterocycles. The van der Waals surface area contributed by atoms with Gasteiger partial charge in [0.15, 0.2) is 0 Å². The first-order chi connectivity index (χ1) is 7.68. The van der Waals surface area contributed by atoms with Crippen molar-refractivity contribution in [3.8, 4) is 0 Å². The molecule has 2 rings (SSSR count). The third kappa shape index (κ3) is 2.37. The molecule has 0 aromatic heterocycles. The summed E-state index contributed by atoms with van der Waals surface area (Å²) in [6, 6.07) is 7.01. The molecule has 4 nitrogen and oxygen atoms in total. The molecule has 86 valence electrons. The number of aliphatic hydroxyl groups excluding tert-OH is 1. The number of aliphatic hydroxyl groups is 1. The lowest BCUT2D eigenvalue weighted by Gasteiger charge is -2.34. The Kier molecular flexibility index (Phi) is 3.48. The third-order valence-electron chi connectivity index (χ3n) is 2.97. The van der Waals surface area contributed by atoms with Crippen LogP contribution in [-0.4, -0.2) is 35.0 Å². The van der Waals surface area contributed by atoms with Gasteiger partial charge in [-0.2, -0.15) is 0 Å². The van der Waals surface area contributed by atoms with Crippen LogP contribution in [0, 0.1) is 0 Å². The van der Waals surface area contributed by atoms with Crippen molar-refractivity contribution in [1.82, 2.24) is 0 Å². The van der Waals surface area contributed by atoms with Crippen LogP contribution in [-0.2, 0) is 0 Å². The molecule has 5 heteroatoms. The van der Waals surface area contributed by atoms with E-state index < -0.39 is 13.3 Å². The average Bonchev–Trinajstić information content (AvgIpc) is 2.30. The second-order valence-corrected chi connectivity index (χ2v) is 4.14. The molecule has 1 saturated heterocycles. The fourth-order valence-electron chi connectivity index (χ4n) is 2.08. The lowest BCUT2D eigenvalue weighted by atomic mass is 9.80. The van der Waals surface area contributed by atoms with Crippen molar-refractivity contribution < 1.29 is 15.2 Å². The first-order valence-electron chi connectivity index (χ1n) is 5.59. The molecule has 1 aliphatic rings. The van der Waals surface area contributed by atoms with E-state index in [4.69, 9.17) is 10.0 Å². The van der Waals surface area contributed by atoms with E-state index in [-0.39, 0.29) is 0 Å². The summed E-state index contributed by atoms with van der Waals surface area (Å²) in [5.41, 5.74) is 1.30. The lowest BCUT2D eigenvalue weighted by Crippen LogP contribution is -2.40. The minimum Gasteiger partial charge on any atom is -0.423 e. The summed E-state index contributed by atoms with van der Waals surface area (Å²) >= 11 is 0. The Morgan fingerprint density at radius 3 is 2.75 bits per heavy atom. The second-order valence-electron chi connectivity index (χ2n) is 4.14. The van der Waals surface area contributed by atoms with E-state index in [9.17, 15) is 5.11 Å². The van der Waals surface area contributed by atoms with Gasteiger partial charge in [0.05, 0.1) is 0 Å². The Morgan fingerprint density at radius 2 is 2.06 bits per heavy atom. The van der Waals surface area contributed by atoms with Crippen LogP contribution in [0.1, 0.15) is 19.3 Å². The summed E-state index contributed by atoms with van der Waals surface area (Å²) < 4.78 is 0. The quantitative estimate of drug-likeness (QED) is 0.598. The molecule has 0 bridgehead atoms. The maximum Gasteiger partial charge on any atom is 0.488 e. The molecule has 1 fully saturated rings. The Balaban J connectivity index is 2.21. The molecular formula is C11H16BNO3. The van der Waals surface area contributed by atoms with Crippen molar-refractivity contribution in [2.24, 2.45) is 0 Å². The number of hydrogen-bond acceptors (Lipinski definition) is 4. The summed E-state index contributed by atoms with van der Waals surface area (Å²) in [6.45, 7) is 0.812. The zero-order chi connectivity index (χ0) is 11.5. The SMILES string of the molecule is OB(O)c1cccc(N2CCCCC2O)c1. The minimum absolute atomic E-state index is 0.454. The molecule has 0 spiro atoms. The van der Waals surface area contributed by atoms with E-state index in [0.717, 1.165) is 31.5 Å². The minimum atomic E-state index is -1.46. The zero-order valence-electron chi connectivity index (χ0n) is 9.08. The largest absolute Gasteiger partial charge is 0.488 e. The van der Waals surface area contributed by atoms with Gasteiger partial charge in [0.2, 0.25) is 0 Å². The van der Waals surface area contributed by atoms with Crippen LogP contribution in [0.15, 0.2) is 24.3 Å². The van der Waals surface area contributed by atoms with Gasteiger partial charge in [-0.05, 0) is 36.9 Å². The molecular weight excluding hydrogens is 205 g/mol. The van der Waals surface area contributed by atoms with Crippen LogP contribution < -0.4 is 10.4 Å². The van der Waals surface area contributed by atoms with E-state index in [1.54, 1.807) is 18.2 Å². The fourth-order valence-corrected chi connectivity index (χ4v) is 2.08.